The van der Waals surface area contributed by atoms with Gasteiger partial charge in [0.25, 0.3) is 0 Å². The van der Waals surface area contributed by atoms with Crippen LogP contribution in [0, 0.1) is 20.8 Å². The molecule has 2 aromatic rings. The highest BCUT2D eigenvalue weighted by atomic mass is 16.5. The third-order valence-electron chi connectivity index (χ3n) is 4.12. The number of hydrogen-bond donors (Lipinski definition) is 3. The summed E-state index contributed by atoms with van der Waals surface area (Å²) in [7, 11) is 0. The Morgan fingerprint density at radius 1 is 1.44 bits per heavy atom. The van der Waals surface area contributed by atoms with E-state index >= 15 is 0 Å². The predicted octanol–water partition coefficient (Wildman–Crippen LogP) is 0.932. The quantitative estimate of drug-likeness (QED) is 0.759. The Hall–Kier alpha value is -2.68. The van der Waals surface area contributed by atoms with Crippen molar-refractivity contribution in [1.82, 2.24) is 25.6 Å². The summed E-state index contributed by atoms with van der Waals surface area (Å²) in [6, 6.07) is 1.78. The van der Waals surface area contributed by atoms with Crippen LogP contribution in [-0.2, 0) is 16.0 Å². The standard InChI is InChI=1S/C16H22N6O3/c1-8-6-14(23)19-16(17-8)22-13(5-9(2)20-22)18-15(24)7-12-10(3)21-25-11(12)4/h5,8,16-17H,6-7H2,1-4H3,(H,18,24)(H,19,23). The maximum absolute atomic E-state index is 12.4. The van der Waals surface area contributed by atoms with E-state index in [1.165, 1.54) is 0 Å². The molecular formula is C16H22N6O3. The molecule has 1 aliphatic heterocycles. The molecule has 0 bridgehead atoms. The van der Waals surface area contributed by atoms with Crippen LogP contribution in [0.25, 0.3) is 0 Å². The fourth-order valence-corrected chi connectivity index (χ4v) is 2.90. The third-order valence-corrected chi connectivity index (χ3v) is 4.12. The number of anilines is 1. The van der Waals surface area contributed by atoms with E-state index < -0.39 is 6.29 Å². The molecule has 3 rings (SSSR count). The first-order valence-electron chi connectivity index (χ1n) is 8.16. The fraction of sp³-hybridized carbons (Fsp3) is 0.500. The number of aromatic nitrogens is 3. The number of hydrogen-bond acceptors (Lipinski definition) is 6. The molecule has 0 saturated carbocycles. The summed E-state index contributed by atoms with van der Waals surface area (Å²) in [6.45, 7) is 7.34. The molecule has 1 aliphatic rings. The zero-order chi connectivity index (χ0) is 18.1. The first kappa shape index (κ1) is 17.2. The maximum Gasteiger partial charge on any atom is 0.230 e. The van der Waals surface area contributed by atoms with Gasteiger partial charge in [0.1, 0.15) is 11.6 Å². The third kappa shape index (κ3) is 3.71. The molecule has 3 N–H and O–H groups in total. The van der Waals surface area contributed by atoms with Crippen LogP contribution in [0.4, 0.5) is 5.82 Å². The molecule has 1 fully saturated rings. The highest BCUT2D eigenvalue weighted by molar-refractivity contribution is 5.91. The Morgan fingerprint density at radius 3 is 2.84 bits per heavy atom. The lowest BCUT2D eigenvalue weighted by Gasteiger charge is -2.30. The van der Waals surface area contributed by atoms with Crippen LogP contribution in [0.2, 0.25) is 0 Å². The van der Waals surface area contributed by atoms with Gasteiger partial charge in [-0.15, -0.1) is 0 Å². The summed E-state index contributed by atoms with van der Waals surface area (Å²) in [4.78, 5) is 24.2. The monoisotopic (exact) mass is 346 g/mol. The van der Waals surface area contributed by atoms with E-state index in [1.807, 2.05) is 13.8 Å². The van der Waals surface area contributed by atoms with Crippen molar-refractivity contribution in [2.24, 2.45) is 0 Å². The average Bonchev–Trinajstić information content (AvgIpc) is 3.03. The number of nitrogens with one attached hydrogen (secondary N) is 3. The zero-order valence-corrected chi connectivity index (χ0v) is 14.7. The van der Waals surface area contributed by atoms with Gasteiger partial charge >= 0.3 is 0 Å². The lowest BCUT2D eigenvalue weighted by molar-refractivity contribution is -0.125. The van der Waals surface area contributed by atoms with E-state index in [2.05, 4.69) is 26.2 Å². The van der Waals surface area contributed by atoms with Crippen molar-refractivity contribution < 1.29 is 14.1 Å². The highest BCUT2D eigenvalue weighted by Crippen LogP contribution is 2.18. The van der Waals surface area contributed by atoms with Crippen molar-refractivity contribution in [3.05, 3.63) is 28.8 Å². The fourth-order valence-electron chi connectivity index (χ4n) is 2.90. The Labute approximate surface area is 145 Å². The topological polar surface area (TPSA) is 114 Å². The van der Waals surface area contributed by atoms with Gasteiger partial charge in [0.15, 0.2) is 6.29 Å². The van der Waals surface area contributed by atoms with Crippen LogP contribution in [0.15, 0.2) is 10.6 Å². The molecule has 25 heavy (non-hydrogen) atoms. The number of rotatable bonds is 4. The van der Waals surface area contributed by atoms with Crippen LogP contribution < -0.4 is 16.0 Å². The number of carbonyl (C=O) groups excluding carboxylic acids is 2. The van der Waals surface area contributed by atoms with E-state index in [0.29, 0.717) is 23.7 Å². The van der Waals surface area contributed by atoms with Gasteiger partial charge in [-0.2, -0.15) is 5.10 Å². The lowest BCUT2D eigenvalue weighted by Crippen LogP contribution is -2.52. The average molecular weight is 346 g/mol. The van der Waals surface area contributed by atoms with Crippen LogP contribution in [0.5, 0.6) is 0 Å². The predicted molar refractivity (Wildman–Crippen MR) is 89.7 cm³/mol. The van der Waals surface area contributed by atoms with Crippen molar-refractivity contribution >= 4 is 17.6 Å². The SMILES string of the molecule is Cc1cc(NC(=O)Cc2c(C)noc2C)n(C2NC(=O)CC(C)N2)n1. The van der Waals surface area contributed by atoms with E-state index in [1.54, 1.807) is 24.6 Å². The van der Waals surface area contributed by atoms with Gasteiger partial charge in [-0.05, 0) is 27.7 Å². The minimum absolute atomic E-state index is 0.0223. The number of nitrogens with zero attached hydrogens (tertiary/aromatic N) is 3. The number of amides is 2. The van der Waals surface area contributed by atoms with Crippen molar-refractivity contribution in [2.75, 3.05) is 5.32 Å². The molecule has 0 spiro atoms. The number of carbonyl (C=O) groups is 2. The molecule has 2 unspecified atom stereocenters. The van der Waals surface area contributed by atoms with Gasteiger partial charge < -0.3 is 15.2 Å². The Balaban J connectivity index is 1.77. The molecule has 1 saturated heterocycles. The second-order valence-corrected chi connectivity index (χ2v) is 6.39. The Bertz CT molecular complexity index is 789. The van der Waals surface area contributed by atoms with Gasteiger partial charge in [-0.3, -0.25) is 14.9 Å². The molecule has 0 radical (unpaired) electrons. The van der Waals surface area contributed by atoms with Crippen LogP contribution in [0.1, 0.15) is 42.3 Å². The van der Waals surface area contributed by atoms with Crippen molar-refractivity contribution in [2.45, 2.75) is 52.9 Å². The Morgan fingerprint density at radius 2 is 2.20 bits per heavy atom. The second-order valence-electron chi connectivity index (χ2n) is 6.39. The number of aryl methyl sites for hydroxylation is 3. The Kier molecular flexibility index (Phi) is 4.58. The van der Waals surface area contributed by atoms with E-state index in [0.717, 1.165) is 11.3 Å². The van der Waals surface area contributed by atoms with Crippen LogP contribution >= 0.6 is 0 Å². The summed E-state index contributed by atoms with van der Waals surface area (Å²) in [5, 5.41) is 17.2. The highest BCUT2D eigenvalue weighted by Gasteiger charge is 2.27. The molecule has 9 nitrogen and oxygen atoms in total. The first-order valence-corrected chi connectivity index (χ1v) is 8.16. The summed E-state index contributed by atoms with van der Waals surface area (Å²) < 4.78 is 6.67. The second kappa shape index (κ2) is 6.67. The van der Waals surface area contributed by atoms with Crippen LogP contribution in [0.3, 0.4) is 0 Å². The molecule has 0 aromatic carbocycles. The summed E-state index contributed by atoms with van der Waals surface area (Å²) in [5.74, 6) is 0.886. The van der Waals surface area contributed by atoms with Gasteiger partial charge in [0.2, 0.25) is 11.8 Å². The largest absolute Gasteiger partial charge is 0.361 e. The van der Waals surface area contributed by atoms with Crippen molar-refractivity contribution in [1.29, 1.82) is 0 Å². The normalized spacial score (nSPS) is 20.4. The maximum atomic E-state index is 12.4. The smallest absolute Gasteiger partial charge is 0.230 e. The molecule has 3 heterocycles. The molecular weight excluding hydrogens is 324 g/mol. The zero-order valence-electron chi connectivity index (χ0n) is 14.7. The van der Waals surface area contributed by atoms with Gasteiger partial charge in [-0.25, -0.2) is 4.68 Å². The van der Waals surface area contributed by atoms with E-state index in [4.69, 9.17) is 4.52 Å². The van der Waals surface area contributed by atoms with Crippen molar-refractivity contribution in [3.63, 3.8) is 0 Å². The summed E-state index contributed by atoms with van der Waals surface area (Å²) in [6.07, 6.45) is 0.0656. The first-order chi connectivity index (χ1) is 11.8. The minimum Gasteiger partial charge on any atom is -0.361 e. The molecule has 0 aliphatic carbocycles. The van der Waals surface area contributed by atoms with E-state index in [9.17, 15) is 9.59 Å². The summed E-state index contributed by atoms with van der Waals surface area (Å²) >= 11 is 0. The molecule has 2 atom stereocenters. The minimum atomic E-state index is -0.501. The molecule has 134 valence electrons. The molecule has 9 heteroatoms. The van der Waals surface area contributed by atoms with Gasteiger partial charge in [0.05, 0.1) is 17.8 Å². The summed E-state index contributed by atoms with van der Waals surface area (Å²) in [5.41, 5.74) is 2.22. The van der Waals surface area contributed by atoms with Gasteiger partial charge in [-0.1, -0.05) is 5.16 Å². The molecule has 2 aromatic heterocycles. The molecule has 2 amide bonds. The van der Waals surface area contributed by atoms with E-state index in [-0.39, 0.29) is 24.3 Å². The lowest BCUT2D eigenvalue weighted by atomic mass is 10.1. The van der Waals surface area contributed by atoms with Gasteiger partial charge in [0, 0.05) is 24.1 Å². The van der Waals surface area contributed by atoms with Crippen LogP contribution in [-0.4, -0.2) is 32.8 Å². The van der Waals surface area contributed by atoms with Crippen molar-refractivity contribution in [3.8, 4) is 0 Å².